The first-order chi connectivity index (χ1) is 7.28. The maximum atomic E-state index is 4.23. The van der Waals surface area contributed by atoms with E-state index in [4.69, 9.17) is 0 Å². The number of hydrogen-bond donors (Lipinski definition) is 1. The molecule has 1 heterocycles. The molecule has 1 aliphatic heterocycles. The molecule has 2 rings (SSSR count). The minimum atomic E-state index is 0.775. The van der Waals surface area contributed by atoms with Crippen molar-refractivity contribution in [2.75, 3.05) is 19.0 Å². The van der Waals surface area contributed by atoms with Gasteiger partial charge in [0, 0.05) is 0 Å². The highest BCUT2D eigenvalue weighted by Crippen LogP contribution is 2.53. The summed E-state index contributed by atoms with van der Waals surface area (Å²) >= 11 is 4.23. The number of nitrogens with zero attached hydrogens (tertiary/aromatic N) is 1. The molecule has 2 fully saturated rings. The Hall–Kier alpha value is 0.660. The van der Waals surface area contributed by atoms with Gasteiger partial charge in [-0.3, -0.25) is 4.90 Å². The fraction of sp³-hybridized carbons (Fsp3) is 1.00. The normalized spacial score (nSPS) is 26.8. The first kappa shape index (κ1) is 12.1. The third-order valence-corrected chi connectivity index (χ3v) is 5.12. The molecule has 0 amide bonds. The molecule has 1 saturated carbocycles. The van der Waals surface area contributed by atoms with Crippen LogP contribution in [0.15, 0.2) is 0 Å². The molecule has 1 nitrogen and oxygen atoms in total. The quantitative estimate of drug-likeness (QED) is 0.592. The van der Waals surface area contributed by atoms with Crippen molar-refractivity contribution in [3.05, 3.63) is 0 Å². The van der Waals surface area contributed by atoms with Gasteiger partial charge < -0.3 is 0 Å². The minimum Gasteiger partial charge on any atom is -0.293 e. The maximum Gasteiger partial charge on any atom is 0.0546 e. The molecular formula is C12H23NS2. The SMILES string of the molecule is CCCC1CC2(CCN(CSS)CC2)C1. The van der Waals surface area contributed by atoms with Crippen LogP contribution in [-0.4, -0.2) is 23.9 Å². The molecule has 88 valence electrons. The zero-order chi connectivity index (χ0) is 10.7. The van der Waals surface area contributed by atoms with Crippen molar-refractivity contribution in [3.63, 3.8) is 0 Å². The van der Waals surface area contributed by atoms with E-state index in [0.717, 1.165) is 17.2 Å². The minimum absolute atomic E-state index is 0.775. The lowest BCUT2D eigenvalue weighted by atomic mass is 9.57. The van der Waals surface area contributed by atoms with Gasteiger partial charge in [-0.15, -0.1) is 11.7 Å². The summed E-state index contributed by atoms with van der Waals surface area (Å²) in [5, 5.41) is 0. The molecule has 1 aliphatic carbocycles. The van der Waals surface area contributed by atoms with Gasteiger partial charge in [0.25, 0.3) is 0 Å². The smallest absolute Gasteiger partial charge is 0.0546 e. The molecule has 0 atom stereocenters. The van der Waals surface area contributed by atoms with Gasteiger partial charge in [0.2, 0.25) is 0 Å². The summed E-state index contributed by atoms with van der Waals surface area (Å²) < 4.78 is 0. The van der Waals surface area contributed by atoms with E-state index in [9.17, 15) is 0 Å². The molecule has 0 bridgehead atoms. The lowest BCUT2D eigenvalue weighted by Gasteiger charge is -2.52. The fourth-order valence-electron chi connectivity index (χ4n) is 3.42. The van der Waals surface area contributed by atoms with Crippen LogP contribution >= 0.6 is 22.5 Å². The molecule has 2 aliphatic rings. The summed E-state index contributed by atoms with van der Waals surface area (Å²) in [6.45, 7) is 4.94. The highest BCUT2D eigenvalue weighted by atomic mass is 33.1. The van der Waals surface area contributed by atoms with Gasteiger partial charge in [-0.05, 0) is 50.1 Å². The number of hydrogen-bond acceptors (Lipinski definition) is 3. The summed E-state index contributed by atoms with van der Waals surface area (Å²) in [6.07, 6.45) is 8.80. The van der Waals surface area contributed by atoms with E-state index < -0.39 is 0 Å². The van der Waals surface area contributed by atoms with Gasteiger partial charge in [0.1, 0.15) is 0 Å². The summed E-state index contributed by atoms with van der Waals surface area (Å²) in [7, 11) is 1.66. The van der Waals surface area contributed by atoms with Crippen LogP contribution in [0.3, 0.4) is 0 Å². The Balaban J connectivity index is 1.70. The predicted octanol–water partition coefficient (Wildman–Crippen LogP) is 3.81. The van der Waals surface area contributed by atoms with E-state index >= 15 is 0 Å². The van der Waals surface area contributed by atoms with Crippen LogP contribution < -0.4 is 0 Å². The first-order valence-electron chi connectivity index (χ1n) is 6.27. The standard InChI is InChI=1S/C12H23NS2/c1-2-3-11-8-12(9-11)4-6-13(7-5-12)10-15-14/h11,14H,2-10H2,1H3. The Morgan fingerprint density at radius 2 is 2.00 bits per heavy atom. The van der Waals surface area contributed by atoms with E-state index in [2.05, 4.69) is 23.5 Å². The highest BCUT2D eigenvalue weighted by Gasteiger charge is 2.44. The zero-order valence-electron chi connectivity index (χ0n) is 9.74. The monoisotopic (exact) mass is 245 g/mol. The van der Waals surface area contributed by atoms with Gasteiger partial charge in [0.15, 0.2) is 0 Å². The van der Waals surface area contributed by atoms with E-state index in [0.29, 0.717) is 0 Å². The van der Waals surface area contributed by atoms with Crippen molar-refractivity contribution in [2.24, 2.45) is 11.3 Å². The van der Waals surface area contributed by atoms with Crippen molar-refractivity contribution in [2.45, 2.75) is 45.4 Å². The lowest BCUT2D eigenvalue weighted by Crippen LogP contribution is -2.46. The van der Waals surface area contributed by atoms with E-state index in [-0.39, 0.29) is 0 Å². The third-order valence-electron chi connectivity index (χ3n) is 4.30. The molecule has 1 spiro atoms. The Labute approximate surface area is 103 Å². The van der Waals surface area contributed by atoms with Crippen molar-refractivity contribution < 1.29 is 0 Å². The summed E-state index contributed by atoms with van der Waals surface area (Å²) in [6, 6.07) is 0. The molecule has 0 aromatic heterocycles. The number of piperidine rings is 1. The molecule has 1 saturated heterocycles. The molecular weight excluding hydrogens is 222 g/mol. The van der Waals surface area contributed by atoms with E-state index in [1.54, 1.807) is 10.8 Å². The molecule has 15 heavy (non-hydrogen) atoms. The van der Waals surface area contributed by atoms with Gasteiger partial charge in [-0.2, -0.15) is 0 Å². The maximum absolute atomic E-state index is 4.23. The lowest BCUT2D eigenvalue weighted by molar-refractivity contribution is -0.0116. The zero-order valence-corrected chi connectivity index (χ0v) is 11.5. The molecule has 0 unspecified atom stereocenters. The number of thiol groups is 1. The van der Waals surface area contributed by atoms with E-state index in [1.165, 1.54) is 51.6 Å². The van der Waals surface area contributed by atoms with Crippen LogP contribution in [0.5, 0.6) is 0 Å². The second-order valence-corrected chi connectivity index (χ2v) is 6.73. The fourth-order valence-corrected chi connectivity index (χ4v) is 4.34. The van der Waals surface area contributed by atoms with Crippen LogP contribution in [0.2, 0.25) is 0 Å². The first-order valence-corrected chi connectivity index (χ1v) is 8.30. The Bertz CT molecular complexity index is 192. The van der Waals surface area contributed by atoms with Crippen LogP contribution in [0.1, 0.15) is 45.4 Å². The predicted molar refractivity (Wildman–Crippen MR) is 72.3 cm³/mol. The van der Waals surface area contributed by atoms with Gasteiger partial charge in [-0.1, -0.05) is 30.6 Å². The van der Waals surface area contributed by atoms with Crippen molar-refractivity contribution in [3.8, 4) is 0 Å². The molecule has 0 N–H and O–H groups in total. The van der Waals surface area contributed by atoms with E-state index in [1.807, 2.05) is 0 Å². The molecule has 0 radical (unpaired) electrons. The highest BCUT2D eigenvalue weighted by molar-refractivity contribution is 8.68. The second-order valence-electron chi connectivity index (χ2n) is 5.44. The second kappa shape index (κ2) is 5.33. The van der Waals surface area contributed by atoms with Crippen LogP contribution in [0.4, 0.5) is 0 Å². The molecule has 3 heteroatoms. The summed E-state index contributed by atoms with van der Waals surface area (Å²) in [5.74, 6) is 2.18. The summed E-state index contributed by atoms with van der Waals surface area (Å²) in [5.41, 5.74) is 0.775. The van der Waals surface area contributed by atoms with Crippen LogP contribution in [0.25, 0.3) is 0 Å². The molecule has 0 aromatic rings. The molecule has 0 aromatic carbocycles. The van der Waals surface area contributed by atoms with Crippen molar-refractivity contribution >= 4 is 22.5 Å². The Kier molecular flexibility index (Phi) is 4.31. The Morgan fingerprint density at radius 1 is 1.33 bits per heavy atom. The number of likely N-dealkylation sites (tertiary alicyclic amines) is 1. The Morgan fingerprint density at radius 3 is 2.53 bits per heavy atom. The third kappa shape index (κ3) is 2.86. The van der Waals surface area contributed by atoms with Crippen molar-refractivity contribution in [1.82, 2.24) is 4.90 Å². The largest absolute Gasteiger partial charge is 0.293 e. The van der Waals surface area contributed by atoms with Gasteiger partial charge in [0.05, 0.1) is 5.88 Å². The average Bonchev–Trinajstić information content (AvgIpc) is 2.19. The van der Waals surface area contributed by atoms with Crippen LogP contribution in [-0.2, 0) is 0 Å². The topological polar surface area (TPSA) is 3.24 Å². The van der Waals surface area contributed by atoms with Crippen LogP contribution in [0, 0.1) is 11.3 Å². The van der Waals surface area contributed by atoms with Crippen molar-refractivity contribution in [1.29, 1.82) is 0 Å². The number of rotatable bonds is 4. The summed E-state index contributed by atoms with van der Waals surface area (Å²) in [4.78, 5) is 2.55. The van der Waals surface area contributed by atoms with Gasteiger partial charge in [-0.25, -0.2) is 0 Å². The van der Waals surface area contributed by atoms with Gasteiger partial charge >= 0.3 is 0 Å². The average molecular weight is 245 g/mol.